The molecule has 7 heteroatoms. The summed E-state index contributed by atoms with van der Waals surface area (Å²) in [6.45, 7) is 6.41. The molecule has 0 aliphatic carbocycles. The zero-order valence-corrected chi connectivity index (χ0v) is 17.5. The molecule has 0 aliphatic heterocycles. The molecule has 0 aliphatic rings. The Morgan fingerprint density at radius 1 is 1.22 bits per heavy atom. The summed E-state index contributed by atoms with van der Waals surface area (Å²) < 4.78 is 5.70. The number of likely N-dealkylation sites (N-methyl/N-ethyl adjacent to an activating group) is 2. The average Bonchev–Trinajstić information content (AvgIpc) is 2.53. The number of hydrogen-bond acceptors (Lipinski definition) is 3. The third-order valence-corrected chi connectivity index (χ3v) is 3.65. The lowest BCUT2D eigenvalue weighted by atomic mass is 10.3. The highest BCUT2D eigenvalue weighted by Crippen LogP contribution is 2.15. The number of hydrogen-bond donors (Lipinski definition) is 1. The Bertz CT molecular complexity index is 456. The van der Waals surface area contributed by atoms with Crippen LogP contribution >= 0.6 is 35.6 Å². The molecule has 0 amide bonds. The van der Waals surface area contributed by atoms with E-state index in [1.807, 2.05) is 31.3 Å². The summed E-state index contributed by atoms with van der Waals surface area (Å²) in [5.74, 6) is 1.70. The smallest absolute Gasteiger partial charge is 0.193 e. The molecule has 0 unspecified atom stereocenters. The maximum absolute atomic E-state index is 5.85. The van der Waals surface area contributed by atoms with E-state index in [4.69, 9.17) is 16.3 Å². The molecule has 23 heavy (non-hydrogen) atoms. The Morgan fingerprint density at radius 3 is 2.43 bits per heavy atom. The van der Waals surface area contributed by atoms with Crippen LogP contribution in [0.4, 0.5) is 0 Å². The zero-order valence-electron chi connectivity index (χ0n) is 14.4. The largest absolute Gasteiger partial charge is 0.492 e. The standard InChI is InChI=1S/C16H27ClN4O.HI/c1-5-20(3)11-10-19-16(18-2)21(4)12-13-22-15-8-6-14(17)7-9-15;/h6-9H,5,10-13H2,1-4H3,(H,18,19);1H. The second-order valence-electron chi connectivity index (χ2n) is 5.09. The molecule has 0 saturated heterocycles. The van der Waals surface area contributed by atoms with Gasteiger partial charge in [-0.25, -0.2) is 0 Å². The van der Waals surface area contributed by atoms with Gasteiger partial charge in [0.25, 0.3) is 0 Å². The highest BCUT2D eigenvalue weighted by atomic mass is 127. The fraction of sp³-hybridized carbons (Fsp3) is 0.562. The monoisotopic (exact) mass is 454 g/mol. The number of guanidine groups is 1. The Balaban J connectivity index is 0.00000484. The van der Waals surface area contributed by atoms with Crippen LogP contribution in [0.1, 0.15) is 6.92 Å². The zero-order chi connectivity index (χ0) is 16.4. The minimum atomic E-state index is 0. The van der Waals surface area contributed by atoms with Crippen molar-refractivity contribution in [2.75, 3.05) is 53.9 Å². The molecule has 5 nitrogen and oxygen atoms in total. The summed E-state index contributed by atoms with van der Waals surface area (Å²) in [6.07, 6.45) is 0. The third-order valence-electron chi connectivity index (χ3n) is 3.40. The van der Waals surface area contributed by atoms with Gasteiger partial charge in [-0.1, -0.05) is 18.5 Å². The van der Waals surface area contributed by atoms with E-state index in [1.165, 1.54) is 0 Å². The highest BCUT2D eigenvalue weighted by Gasteiger charge is 2.06. The lowest BCUT2D eigenvalue weighted by Crippen LogP contribution is -2.43. The molecule has 0 bridgehead atoms. The van der Waals surface area contributed by atoms with E-state index >= 15 is 0 Å². The van der Waals surface area contributed by atoms with Crippen LogP contribution in [0.25, 0.3) is 0 Å². The molecule has 1 aromatic carbocycles. The summed E-state index contributed by atoms with van der Waals surface area (Å²) in [6, 6.07) is 7.39. The van der Waals surface area contributed by atoms with Crippen LogP contribution in [0, 0.1) is 0 Å². The van der Waals surface area contributed by atoms with Crippen molar-refractivity contribution < 1.29 is 4.74 Å². The Morgan fingerprint density at radius 2 is 1.87 bits per heavy atom. The van der Waals surface area contributed by atoms with Crippen molar-refractivity contribution in [1.82, 2.24) is 15.1 Å². The Hall–Kier alpha value is -0.730. The molecule has 1 rings (SSSR count). The predicted octanol–water partition coefficient (Wildman–Crippen LogP) is 2.80. The van der Waals surface area contributed by atoms with Crippen LogP contribution in [0.3, 0.4) is 0 Å². The van der Waals surface area contributed by atoms with Crippen LogP contribution in [0.15, 0.2) is 29.3 Å². The first kappa shape index (κ1) is 22.3. The molecular formula is C16H28ClIN4O. The van der Waals surface area contributed by atoms with Gasteiger partial charge in [0.15, 0.2) is 5.96 Å². The molecule has 0 heterocycles. The van der Waals surface area contributed by atoms with Crippen molar-refractivity contribution >= 4 is 41.5 Å². The van der Waals surface area contributed by atoms with Gasteiger partial charge in [0.1, 0.15) is 12.4 Å². The van der Waals surface area contributed by atoms with Gasteiger partial charge in [0.2, 0.25) is 0 Å². The lowest BCUT2D eigenvalue weighted by Gasteiger charge is -2.23. The van der Waals surface area contributed by atoms with Crippen molar-refractivity contribution in [3.63, 3.8) is 0 Å². The number of aliphatic imine (C=N–C) groups is 1. The van der Waals surface area contributed by atoms with Gasteiger partial charge >= 0.3 is 0 Å². The Labute approximate surface area is 162 Å². The molecule has 0 fully saturated rings. The molecule has 1 N–H and O–H groups in total. The van der Waals surface area contributed by atoms with Crippen molar-refractivity contribution in [3.8, 4) is 5.75 Å². The van der Waals surface area contributed by atoms with E-state index in [-0.39, 0.29) is 24.0 Å². The van der Waals surface area contributed by atoms with Crippen molar-refractivity contribution in [2.45, 2.75) is 6.92 Å². The number of ether oxygens (including phenoxy) is 1. The van der Waals surface area contributed by atoms with Gasteiger partial charge in [-0.05, 0) is 37.9 Å². The van der Waals surface area contributed by atoms with Crippen LogP contribution < -0.4 is 10.1 Å². The topological polar surface area (TPSA) is 40.1 Å². The molecule has 0 atom stereocenters. The maximum Gasteiger partial charge on any atom is 0.193 e. The van der Waals surface area contributed by atoms with Gasteiger partial charge in [-0.15, -0.1) is 24.0 Å². The number of nitrogens with one attached hydrogen (secondary N) is 1. The van der Waals surface area contributed by atoms with Gasteiger partial charge in [-0.2, -0.15) is 0 Å². The van der Waals surface area contributed by atoms with Crippen molar-refractivity contribution in [3.05, 3.63) is 29.3 Å². The summed E-state index contributed by atoms with van der Waals surface area (Å²) >= 11 is 5.85. The van der Waals surface area contributed by atoms with Crippen molar-refractivity contribution in [2.24, 2.45) is 4.99 Å². The van der Waals surface area contributed by atoms with Crippen LogP contribution in [0.2, 0.25) is 5.02 Å². The van der Waals surface area contributed by atoms with Gasteiger partial charge in [-0.3, -0.25) is 4.99 Å². The molecule has 0 saturated carbocycles. The second kappa shape index (κ2) is 12.7. The lowest BCUT2D eigenvalue weighted by molar-refractivity contribution is 0.280. The number of benzene rings is 1. The van der Waals surface area contributed by atoms with E-state index in [1.54, 1.807) is 7.05 Å². The van der Waals surface area contributed by atoms with E-state index in [0.29, 0.717) is 11.6 Å². The quantitative estimate of drug-likeness (QED) is 0.372. The number of nitrogens with zero attached hydrogens (tertiary/aromatic N) is 3. The van der Waals surface area contributed by atoms with E-state index in [0.717, 1.165) is 37.9 Å². The predicted molar refractivity (Wildman–Crippen MR) is 110 cm³/mol. The molecule has 0 radical (unpaired) electrons. The first-order valence-corrected chi connectivity index (χ1v) is 7.93. The maximum atomic E-state index is 5.85. The highest BCUT2D eigenvalue weighted by molar-refractivity contribution is 14.0. The van der Waals surface area contributed by atoms with Gasteiger partial charge in [0.05, 0.1) is 6.54 Å². The van der Waals surface area contributed by atoms with Crippen LogP contribution in [0.5, 0.6) is 5.75 Å². The number of rotatable bonds is 8. The summed E-state index contributed by atoms with van der Waals surface area (Å²) in [5.41, 5.74) is 0. The molecule has 0 aromatic heterocycles. The second-order valence-corrected chi connectivity index (χ2v) is 5.53. The minimum absolute atomic E-state index is 0. The fourth-order valence-corrected chi connectivity index (χ4v) is 1.96. The van der Waals surface area contributed by atoms with Gasteiger partial charge < -0.3 is 19.9 Å². The van der Waals surface area contributed by atoms with Gasteiger partial charge in [0, 0.05) is 32.2 Å². The minimum Gasteiger partial charge on any atom is -0.492 e. The van der Waals surface area contributed by atoms with Crippen molar-refractivity contribution in [1.29, 1.82) is 0 Å². The number of halogens is 2. The average molecular weight is 455 g/mol. The van der Waals surface area contributed by atoms with E-state index < -0.39 is 0 Å². The fourth-order valence-electron chi connectivity index (χ4n) is 1.84. The normalized spacial score (nSPS) is 11.1. The third kappa shape index (κ3) is 9.22. The summed E-state index contributed by atoms with van der Waals surface area (Å²) in [5, 5.41) is 4.07. The first-order chi connectivity index (χ1) is 10.6. The summed E-state index contributed by atoms with van der Waals surface area (Å²) in [7, 11) is 5.90. The molecule has 0 spiro atoms. The van der Waals surface area contributed by atoms with Crippen LogP contribution in [-0.4, -0.2) is 69.7 Å². The Kier molecular flexibility index (Phi) is 12.3. The van der Waals surface area contributed by atoms with E-state index in [9.17, 15) is 0 Å². The molecule has 1 aromatic rings. The summed E-state index contributed by atoms with van der Waals surface area (Å²) in [4.78, 5) is 8.60. The van der Waals surface area contributed by atoms with Crippen LogP contribution in [-0.2, 0) is 0 Å². The molecular weight excluding hydrogens is 427 g/mol. The SMILES string of the molecule is CCN(C)CCNC(=NC)N(C)CCOc1ccc(Cl)cc1.I. The molecule has 132 valence electrons. The first-order valence-electron chi connectivity index (χ1n) is 7.55. The van der Waals surface area contributed by atoms with E-state index in [2.05, 4.69) is 34.1 Å².